The van der Waals surface area contributed by atoms with Crippen molar-refractivity contribution in [2.75, 3.05) is 6.61 Å². The number of H-pyrrole nitrogens is 1. The highest BCUT2D eigenvalue weighted by atomic mass is 16.6. The Morgan fingerprint density at radius 3 is 2.44 bits per heavy atom. The lowest BCUT2D eigenvalue weighted by molar-refractivity contribution is -0.147. The minimum Gasteiger partial charge on any atom is -0.463 e. The van der Waals surface area contributed by atoms with Crippen LogP contribution >= 0.6 is 0 Å². The van der Waals surface area contributed by atoms with Gasteiger partial charge < -0.3 is 18.9 Å². The average molecular weight is 498 g/mol. The standard InChI is InChI=1S/C30H43NO5/c1-3-5-6-7-8-9-10-11-12-13-14-15-16-17-18-20-29(32)35-24-25(19-4-2)36-30(33)27-23-28-26(31-27)21-22-34-28/h5-6,8-9,11-12,21-23,25,31H,3-4,7,10,13-20,24H2,1-2H3/b6-5+,9-8+,12-11+. The van der Waals surface area contributed by atoms with Crippen molar-refractivity contribution in [2.45, 2.75) is 97.0 Å². The Balaban J connectivity index is 1.50. The Bertz CT molecular complexity index is 937. The zero-order valence-corrected chi connectivity index (χ0v) is 22.0. The third kappa shape index (κ3) is 12.1. The summed E-state index contributed by atoms with van der Waals surface area (Å²) in [5.41, 5.74) is 1.69. The second-order valence-corrected chi connectivity index (χ2v) is 8.98. The van der Waals surface area contributed by atoms with E-state index >= 15 is 0 Å². The second kappa shape index (κ2) is 18.3. The summed E-state index contributed by atoms with van der Waals surface area (Å²) in [7, 11) is 0. The van der Waals surface area contributed by atoms with Crippen LogP contribution in [0, 0.1) is 0 Å². The molecule has 0 aliphatic rings. The third-order valence-corrected chi connectivity index (χ3v) is 5.81. The molecule has 0 bridgehead atoms. The molecule has 0 saturated heterocycles. The zero-order chi connectivity index (χ0) is 25.8. The molecule has 0 radical (unpaired) electrons. The van der Waals surface area contributed by atoms with E-state index in [1.165, 1.54) is 12.8 Å². The monoisotopic (exact) mass is 497 g/mol. The van der Waals surface area contributed by atoms with E-state index < -0.39 is 12.1 Å². The van der Waals surface area contributed by atoms with Gasteiger partial charge in [-0.2, -0.15) is 0 Å². The SMILES string of the molecule is CC/C=C/C/C=C/C/C=C/CCCCCCCC(=O)OCC(CCC)OC(=O)c1cc2occc2[nH]1. The first-order chi connectivity index (χ1) is 17.6. The number of aromatic amines is 1. The number of allylic oxidation sites excluding steroid dienone is 6. The van der Waals surface area contributed by atoms with E-state index in [1.54, 1.807) is 18.4 Å². The number of fused-ring (bicyclic) bond motifs is 1. The van der Waals surface area contributed by atoms with Gasteiger partial charge >= 0.3 is 11.9 Å². The number of esters is 2. The van der Waals surface area contributed by atoms with Gasteiger partial charge in [0.15, 0.2) is 5.58 Å². The number of carbonyl (C=O) groups excluding carboxylic acids is 2. The quantitative estimate of drug-likeness (QED) is 0.120. The highest BCUT2D eigenvalue weighted by Gasteiger charge is 2.19. The van der Waals surface area contributed by atoms with Gasteiger partial charge in [-0.1, -0.05) is 76.0 Å². The molecule has 36 heavy (non-hydrogen) atoms. The second-order valence-electron chi connectivity index (χ2n) is 8.98. The minimum atomic E-state index is -0.470. The molecule has 0 aliphatic carbocycles. The Morgan fingerprint density at radius 1 is 0.972 bits per heavy atom. The van der Waals surface area contributed by atoms with Crippen molar-refractivity contribution < 1.29 is 23.5 Å². The number of aromatic nitrogens is 1. The van der Waals surface area contributed by atoms with Gasteiger partial charge in [0.2, 0.25) is 0 Å². The van der Waals surface area contributed by atoms with E-state index in [0.29, 0.717) is 24.1 Å². The van der Waals surface area contributed by atoms with E-state index in [1.807, 2.05) is 6.92 Å². The molecule has 2 heterocycles. The van der Waals surface area contributed by atoms with Gasteiger partial charge in [-0.05, 0) is 44.9 Å². The van der Waals surface area contributed by atoms with Gasteiger partial charge in [0.05, 0.1) is 11.8 Å². The summed E-state index contributed by atoms with van der Waals surface area (Å²) < 4.78 is 16.2. The highest BCUT2D eigenvalue weighted by molar-refractivity contribution is 5.93. The number of ether oxygens (including phenoxy) is 2. The molecule has 6 nitrogen and oxygen atoms in total. The molecule has 1 N–H and O–H groups in total. The first-order valence-electron chi connectivity index (χ1n) is 13.5. The summed E-state index contributed by atoms with van der Waals surface area (Å²) in [4.78, 5) is 27.5. The lowest BCUT2D eigenvalue weighted by atomic mass is 10.1. The van der Waals surface area contributed by atoms with E-state index in [9.17, 15) is 9.59 Å². The zero-order valence-electron chi connectivity index (χ0n) is 22.0. The van der Waals surface area contributed by atoms with Gasteiger partial charge in [0.1, 0.15) is 18.4 Å². The molecule has 6 heteroatoms. The third-order valence-electron chi connectivity index (χ3n) is 5.81. The Hall–Kier alpha value is -3.02. The summed E-state index contributed by atoms with van der Waals surface area (Å²) in [6.45, 7) is 4.24. The fourth-order valence-corrected chi connectivity index (χ4v) is 3.82. The molecule has 2 aromatic heterocycles. The number of hydrogen-bond donors (Lipinski definition) is 1. The summed E-state index contributed by atoms with van der Waals surface area (Å²) >= 11 is 0. The van der Waals surface area contributed by atoms with Crippen molar-refractivity contribution in [3.8, 4) is 0 Å². The number of furan rings is 1. The maximum absolute atomic E-state index is 12.4. The molecular weight excluding hydrogens is 454 g/mol. The van der Waals surface area contributed by atoms with Crippen molar-refractivity contribution >= 4 is 23.0 Å². The molecule has 0 spiro atoms. The fourth-order valence-electron chi connectivity index (χ4n) is 3.82. The topological polar surface area (TPSA) is 81.5 Å². The van der Waals surface area contributed by atoms with Crippen LogP contribution in [-0.2, 0) is 14.3 Å². The van der Waals surface area contributed by atoms with E-state index in [4.69, 9.17) is 13.9 Å². The van der Waals surface area contributed by atoms with Gasteiger partial charge in [0.25, 0.3) is 0 Å². The van der Waals surface area contributed by atoms with Crippen molar-refractivity contribution in [3.05, 3.63) is 60.5 Å². The normalized spacial score (nSPS) is 12.8. The van der Waals surface area contributed by atoms with Crippen molar-refractivity contribution in [2.24, 2.45) is 0 Å². The van der Waals surface area contributed by atoms with Crippen LogP contribution in [0.15, 0.2) is 59.3 Å². The van der Waals surface area contributed by atoms with Crippen LogP contribution in [0.4, 0.5) is 0 Å². The molecule has 0 aromatic carbocycles. The van der Waals surface area contributed by atoms with Gasteiger partial charge in [-0.15, -0.1) is 0 Å². The predicted molar refractivity (Wildman–Crippen MR) is 145 cm³/mol. The maximum Gasteiger partial charge on any atom is 0.355 e. The molecule has 0 amide bonds. The first kappa shape index (κ1) is 29.2. The van der Waals surface area contributed by atoms with Crippen molar-refractivity contribution in [1.29, 1.82) is 0 Å². The molecule has 2 rings (SSSR count). The summed E-state index contributed by atoms with van der Waals surface area (Å²) in [6, 6.07) is 3.37. The molecule has 1 atom stereocenters. The van der Waals surface area contributed by atoms with E-state index in [-0.39, 0.29) is 12.6 Å². The van der Waals surface area contributed by atoms with Crippen molar-refractivity contribution in [3.63, 3.8) is 0 Å². The summed E-state index contributed by atoms with van der Waals surface area (Å²) in [6.07, 6.45) is 25.8. The summed E-state index contributed by atoms with van der Waals surface area (Å²) in [5, 5.41) is 0. The average Bonchev–Trinajstić information content (AvgIpc) is 3.48. The number of carbonyl (C=O) groups is 2. The van der Waals surface area contributed by atoms with Crippen LogP contribution in [0.2, 0.25) is 0 Å². The summed E-state index contributed by atoms with van der Waals surface area (Å²) in [5.74, 6) is -0.701. The molecule has 0 aliphatic heterocycles. The number of nitrogens with one attached hydrogen (secondary N) is 1. The molecule has 2 aromatic rings. The molecule has 1 unspecified atom stereocenters. The van der Waals surface area contributed by atoms with E-state index in [2.05, 4.69) is 48.4 Å². The molecular formula is C30H43NO5. The van der Waals surface area contributed by atoms with Crippen LogP contribution in [-0.4, -0.2) is 29.6 Å². The number of hydrogen-bond acceptors (Lipinski definition) is 5. The Morgan fingerprint density at radius 2 is 1.69 bits per heavy atom. The van der Waals surface area contributed by atoms with Crippen molar-refractivity contribution in [1.82, 2.24) is 4.98 Å². The minimum absolute atomic E-state index is 0.0895. The van der Waals surface area contributed by atoms with Gasteiger partial charge in [-0.3, -0.25) is 4.79 Å². The van der Waals surface area contributed by atoms with Gasteiger partial charge in [0, 0.05) is 18.6 Å². The number of rotatable bonds is 19. The number of unbranched alkanes of at least 4 members (excludes halogenated alkanes) is 5. The lowest BCUT2D eigenvalue weighted by Gasteiger charge is -2.17. The van der Waals surface area contributed by atoms with Crippen LogP contribution in [0.1, 0.15) is 101 Å². The molecule has 0 saturated carbocycles. The largest absolute Gasteiger partial charge is 0.463 e. The molecule has 0 fully saturated rings. The predicted octanol–water partition coefficient (Wildman–Crippen LogP) is 8.22. The Labute approximate surface area is 215 Å². The Kier molecular flexibility index (Phi) is 14.8. The smallest absolute Gasteiger partial charge is 0.355 e. The van der Waals surface area contributed by atoms with Gasteiger partial charge in [-0.25, -0.2) is 4.79 Å². The van der Waals surface area contributed by atoms with Crippen LogP contribution in [0.5, 0.6) is 0 Å². The maximum atomic E-state index is 12.4. The fraction of sp³-hybridized carbons (Fsp3) is 0.533. The van der Waals surface area contributed by atoms with Crippen LogP contribution in [0.25, 0.3) is 11.1 Å². The molecule has 198 valence electrons. The first-order valence-corrected chi connectivity index (χ1v) is 13.5. The van der Waals surface area contributed by atoms with E-state index in [0.717, 1.165) is 56.9 Å². The highest BCUT2D eigenvalue weighted by Crippen LogP contribution is 2.18. The van der Waals surface area contributed by atoms with Crippen LogP contribution < -0.4 is 0 Å². The lowest BCUT2D eigenvalue weighted by Crippen LogP contribution is -2.25. The van der Waals surface area contributed by atoms with Crippen LogP contribution in [0.3, 0.4) is 0 Å².